The molecule has 0 spiro atoms. The first-order valence-corrected chi connectivity index (χ1v) is 7.27. The Balaban J connectivity index is 2.38. The third-order valence-electron chi connectivity index (χ3n) is 4.52. The average Bonchev–Trinajstić information content (AvgIpc) is 3.35. The molecule has 0 fully saturated rings. The van der Waals surface area contributed by atoms with Gasteiger partial charge < -0.3 is 20.1 Å². The third-order valence-corrected chi connectivity index (χ3v) is 4.52. The Morgan fingerprint density at radius 1 is 1.20 bits per heavy atom. The van der Waals surface area contributed by atoms with Gasteiger partial charge >= 0.3 is 5.97 Å². The zero-order valence-electron chi connectivity index (χ0n) is 12.9. The SMILES string of the molecule is COc1ccc(O)c2c1cc([N+](=O)[O-])c1c(C(=O)O)c(O)c3c(c12)C3. The van der Waals surface area contributed by atoms with E-state index >= 15 is 0 Å². The summed E-state index contributed by atoms with van der Waals surface area (Å²) in [6.07, 6.45) is 0.308. The summed E-state index contributed by atoms with van der Waals surface area (Å²) < 4.78 is 5.23. The van der Waals surface area contributed by atoms with E-state index in [1.807, 2.05) is 0 Å². The summed E-state index contributed by atoms with van der Waals surface area (Å²) >= 11 is 0. The topological polar surface area (TPSA) is 130 Å². The van der Waals surface area contributed by atoms with Gasteiger partial charge in [-0.3, -0.25) is 10.1 Å². The summed E-state index contributed by atoms with van der Waals surface area (Å²) in [7, 11) is 1.40. The van der Waals surface area contributed by atoms with Crippen LogP contribution in [0.1, 0.15) is 21.5 Å². The Morgan fingerprint density at radius 2 is 1.92 bits per heavy atom. The van der Waals surface area contributed by atoms with Gasteiger partial charge in [-0.15, -0.1) is 0 Å². The fraction of sp³-hybridized carbons (Fsp3) is 0.118. The number of non-ortho nitro benzene ring substituents is 1. The highest BCUT2D eigenvalue weighted by Gasteiger charge is 2.36. The van der Waals surface area contributed by atoms with Gasteiger partial charge in [-0.2, -0.15) is 0 Å². The van der Waals surface area contributed by atoms with E-state index in [1.165, 1.54) is 19.2 Å². The molecule has 0 saturated carbocycles. The number of methoxy groups -OCH3 is 1. The van der Waals surface area contributed by atoms with Gasteiger partial charge in [0.2, 0.25) is 0 Å². The minimum Gasteiger partial charge on any atom is -0.507 e. The maximum atomic E-state index is 11.7. The normalized spacial score (nSPS) is 12.2. The van der Waals surface area contributed by atoms with Gasteiger partial charge in [0.1, 0.15) is 22.8 Å². The second-order valence-corrected chi connectivity index (χ2v) is 5.77. The van der Waals surface area contributed by atoms with E-state index in [2.05, 4.69) is 0 Å². The Labute approximate surface area is 139 Å². The molecule has 8 heteroatoms. The second kappa shape index (κ2) is 4.73. The number of ether oxygens (including phenoxy) is 1. The van der Waals surface area contributed by atoms with Gasteiger partial charge in [0.05, 0.1) is 17.4 Å². The lowest BCUT2D eigenvalue weighted by molar-refractivity contribution is -0.383. The molecular weight excluding hydrogens is 330 g/mol. The number of carboxylic acids is 1. The van der Waals surface area contributed by atoms with Crippen molar-refractivity contribution >= 4 is 33.2 Å². The summed E-state index contributed by atoms with van der Waals surface area (Å²) in [5.74, 6) is -1.76. The van der Waals surface area contributed by atoms with Crippen LogP contribution in [0.3, 0.4) is 0 Å². The molecule has 0 aliphatic heterocycles. The van der Waals surface area contributed by atoms with Crippen LogP contribution in [0, 0.1) is 10.1 Å². The summed E-state index contributed by atoms with van der Waals surface area (Å²) in [5, 5.41) is 42.2. The van der Waals surface area contributed by atoms with Crippen LogP contribution in [-0.2, 0) is 6.42 Å². The van der Waals surface area contributed by atoms with Crippen molar-refractivity contribution in [1.29, 1.82) is 0 Å². The van der Waals surface area contributed by atoms with E-state index in [0.717, 1.165) is 6.07 Å². The predicted molar refractivity (Wildman–Crippen MR) is 87.8 cm³/mol. The number of nitro benzene ring substituents is 1. The van der Waals surface area contributed by atoms with Crippen molar-refractivity contribution in [3.05, 3.63) is 45.0 Å². The average molecular weight is 341 g/mol. The van der Waals surface area contributed by atoms with Gasteiger partial charge in [-0.05, 0) is 17.7 Å². The van der Waals surface area contributed by atoms with E-state index in [0.29, 0.717) is 28.7 Å². The van der Waals surface area contributed by atoms with Crippen LogP contribution in [0.2, 0.25) is 0 Å². The third kappa shape index (κ3) is 1.84. The Morgan fingerprint density at radius 3 is 2.52 bits per heavy atom. The number of phenolic OH excluding ortho intramolecular Hbond substituents is 1. The fourth-order valence-corrected chi connectivity index (χ4v) is 3.41. The number of nitrogens with zero attached hydrogens (tertiary/aromatic N) is 1. The number of rotatable bonds is 3. The maximum Gasteiger partial charge on any atom is 0.340 e. The first-order valence-electron chi connectivity index (χ1n) is 7.27. The number of phenols is 2. The number of aromatic carboxylic acids is 1. The van der Waals surface area contributed by atoms with E-state index in [-0.39, 0.29) is 21.9 Å². The molecule has 0 unspecified atom stereocenters. The molecule has 3 aromatic carbocycles. The number of nitro groups is 1. The standard InChI is InChI=1S/C17H11NO7/c1-25-11-3-2-10(19)12-8(11)5-9(18(23)24)14-13(12)6-4-7(6)16(20)15(14)17(21)22/h2-3,5,19-20H,4H2,1H3,(H,21,22). The largest absolute Gasteiger partial charge is 0.507 e. The van der Waals surface area contributed by atoms with Crippen molar-refractivity contribution in [1.82, 2.24) is 0 Å². The van der Waals surface area contributed by atoms with E-state index in [9.17, 15) is 30.2 Å². The number of benzene rings is 3. The molecule has 0 heterocycles. The summed E-state index contributed by atoms with van der Waals surface area (Å²) in [6, 6.07) is 4.02. The molecule has 1 aliphatic carbocycles. The number of hydrogen-bond donors (Lipinski definition) is 3. The summed E-state index contributed by atoms with van der Waals surface area (Å²) in [5.41, 5.74) is 0.0274. The summed E-state index contributed by atoms with van der Waals surface area (Å²) in [4.78, 5) is 22.5. The Hall–Kier alpha value is -3.55. The van der Waals surface area contributed by atoms with E-state index in [4.69, 9.17) is 4.74 Å². The van der Waals surface area contributed by atoms with Gasteiger partial charge in [0, 0.05) is 34.2 Å². The number of carbonyl (C=O) groups is 1. The van der Waals surface area contributed by atoms with Crippen LogP contribution in [0.4, 0.5) is 5.69 Å². The lowest BCUT2D eigenvalue weighted by atomic mass is 9.95. The lowest BCUT2D eigenvalue weighted by Gasteiger charge is -2.12. The number of aromatic hydroxyl groups is 2. The Bertz CT molecular complexity index is 1130. The van der Waals surface area contributed by atoms with E-state index < -0.39 is 27.9 Å². The second-order valence-electron chi connectivity index (χ2n) is 5.77. The van der Waals surface area contributed by atoms with Crippen molar-refractivity contribution in [2.75, 3.05) is 7.11 Å². The smallest absolute Gasteiger partial charge is 0.340 e. The molecule has 25 heavy (non-hydrogen) atoms. The highest BCUT2D eigenvalue weighted by atomic mass is 16.6. The molecule has 8 nitrogen and oxygen atoms in total. The molecule has 4 rings (SSSR count). The van der Waals surface area contributed by atoms with Crippen molar-refractivity contribution in [3.8, 4) is 17.2 Å². The molecule has 0 amide bonds. The molecule has 3 aromatic rings. The number of carboxylic acid groups (broad SMARTS) is 1. The highest BCUT2D eigenvalue weighted by molar-refractivity contribution is 6.24. The molecule has 0 aromatic heterocycles. The molecular formula is C17H11NO7. The molecule has 0 bridgehead atoms. The molecule has 3 N–H and O–H groups in total. The van der Waals surface area contributed by atoms with Crippen molar-refractivity contribution < 1.29 is 29.8 Å². The minimum absolute atomic E-state index is 0.146. The fourth-order valence-electron chi connectivity index (χ4n) is 3.41. The van der Waals surface area contributed by atoms with Gasteiger partial charge in [0.15, 0.2) is 0 Å². The minimum atomic E-state index is -1.47. The van der Waals surface area contributed by atoms with Crippen LogP contribution in [0.5, 0.6) is 17.2 Å². The van der Waals surface area contributed by atoms with Crippen LogP contribution < -0.4 is 4.74 Å². The summed E-state index contributed by atoms with van der Waals surface area (Å²) in [6.45, 7) is 0. The van der Waals surface area contributed by atoms with Crippen molar-refractivity contribution in [3.63, 3.8) is 0 Å². The monoisotopic (exact) mass is 341 g/mol. The maximum absolute atomic E-state index is 11.7. The predicted octanol–water partition coefficient (Wildman–Crippen LogP) is 2.92. The number of hydrogen-bond acceptors (Lipinski definition) is 6. The molecule has 0 saturated heterocycles. The zero-order chi connectivity index (χ0) is 18.0. The van der Waals surface area contributed by atoms with Gasteiger partial charge in [-0.25, -0.2) is 4.79 Å². The first-order chi connectivity index (χ1) is 11.9. The quantitative estimate of drug-likeness (QED) is 0.297. The zero-order valence-corrected chi connectivity index (χ0v) is 12.9. The lowest BCUT2D eigenvalue weighted by Crippen LogP contribution is -2.02. The van der Waals surface area contributed by atoms with Crippen LogP contribution >= 0.6 is 0 Å². The van der Waals surface area contributed by atoms with E-state index in [1.54, 1.807) is 0 Å². The van der Waals surface area contributed by atoms with Crippen LogP contribution in [0.25, 0.3) is 21.5 Å². The van der Waals surface area contributed by atoms with Gasteiger partial charge in [0.25, 0.3) is 5.69 Å². The van der Waals surface area contributed by atoms with Crippen molar-refractivity contribution in [2.24, 2.45) is 0 Å². The Kier molecular flexibility index (Phi) is 2.84. The van der Waals surface area contributed by atoms with Gasteiger partial charge in [-0.1, -0.05) is 0 Å². The highest BCUT2D eigenvalue weighted by Crippen LogP contribution is 2.52. The van der Waals surface area contributed by atoms with Crippen LogP contribution in [0.15, 0.2) is 18.2 Å². The molecule has 126 valence electrons. The van der Waals surface area contributed by atoms with Crippen molar-refractivity contribution in [2.45, 2.75) is 6.42 Å². The number of fused-ring (bicyclic) bond motifs is 5. The van der Waals surface area contributed by atoms with Crippen LogP contribution in [-0.4, -0.2) is 33.3 Å². The molecule has 1 aliphatic rings. The first kappa shape index (κ1) is 15.0. The molecule has 0 atom stereocenters. The molecule has 0 radical (unpaired) electrons.